The van der Waals surface area contributed by atoms with E-state index < -0.39 is 5.95 Å². The second-order valence-corrected chi connectivity index (χ2v) is 9.74. The van der Waals surface area contributed by atoms with Gasteiger partial charge in [0.05, 0.1) is 6.67 Å². The van der Waals surface area contributed by atoms with Crippen molar-refractivity contribution in [2.24, 2.45) is 0 Å². The van der Waals surface area contributed by atoms with Gasteiger partial charge in [-0.1, -0.05) is 12.1 Å². The largest absolute Gasteiger partial charge is 0.508 e. The van der Waals surface area contributed by atoms with Crippen molar-refractivity contribution in [3.05, 3.63) is 77.2 Å². The lowest BCUT2D eigenvalue weighted by atomic mass is 9.90. The number of rotatable bonds is 7. The summed E-state index contributed by atoms with van der Waals surface area (Å²) >= 11 is 1.52. The molecular formula is C27H26F2N2O3S. The Morgan fingerprint density at radius 3 is 2.63 bits per heavy atom. The van der Waals surface area contributed by atoms with Gasteiger partial charge in [0.15, 0.2) is 0 Å². The van der Waals surface area contributed by atoms with Crippen LogP contribution in [0.5, 0.6) is 17.4 Å². The number of aromatic nitrogens is 1. The molecule has 2 N–H and O–H groups in total. The number of phenolic OH excluding ortho intramolecular Hbond substituents is 1. The number of nitrogens with zero attached hydrogens (tertiary/aromatic N) is 2. The predicted molar refractivity (Wildman–Crippen MR) is 133 cm³/mol. The molecule has 0 saturated carbocycles. The van der Waals surface area contributed by atoms with E-state index in [1.807, 2.05) is 30.3 Å². The maximum Gasteiger partial charge on any atom is 0.223 e. The molecule has 5 nitrogen and oxygen atoms in total. The third kappa shape index (κ3) is 5.13. The number of benzene rings is 2. The highest BCUT2D eigenvalue weighted by molar-refractivity contribution is 7.99. The molecule has 2 aromatic carbocycles. The third-order valence-corrected chi connectivity index (χ3v) is 7.43. The van der Waals surface area contributed by atoms with Crippen molar-refractivity contribution in [2.45, 2.75) is 23.8 Å². The molecule has 182 valence electrons. The van der Waals surface area contributed by atoms with E-state index in [2.05, 4.69) is 9.88 Å². The average molecular weight is 497 g/mol. The fraction of sp³-hybridized carbons (Fsp3) is 0.296. The molecule has 0 unspecified atom stereocenters. The first-order valence-electron chi connectivity index (χ1n) is 11.6. The molecule has 1 atom stereocenters. The maximum atomic E-state index is 14.8. The van der Waals surface area contributed by atoms with Gasteiger partial charge in [0.2, 0.25) is 11.8 Å². The molecule has 5 rings (SSSR count). The molecule has 3 aromatic rings. The summed E-state index contributed by atoms with van der Waals surface area (Å²) in [6.45, 7) is 2.15. The molecule has 2 aliphatic rings. The van der Waals surface area contributed by atoms with Crippen LogP contribution in [0.15, 0.2) is 59.5 Å². The molecule has 0 radical (unpaired) electrons. The number of hydrogen-bond donors (Lipinski definition) is 2. The van der Waals surface area contributed by atoms with Crippen LogP contribution in [-0.4, -0.2) is 58.3 Å². The first kappa shape index (κ1) is 23.6. The zero-order valence-corrected chi connectivity index (χ0v) is 19.9. The minimum atomic E-state index is -0.723. The van der Waals surface area contributed by atoms with Crippen LogP contribution in [0.1, 0.15) is 29.5 Å². The summed E-state index contributed by atoms with van der Waals surface area (Å²) in [5.41, 5.74) is 3.75. The second kappa shape index (κ2) is 10.3. The lowest BCUT2D eigenvalue weighted by Gasteiger charge is -2.24. The monoisotopic (exact) mass is 496 g/mol. The molecule has 8 heteroatoms. The zero-order valence-electron chi connectivity index (χ0n) is 19.1. The van der Waals surface area contributed by atoms with Gasteiger partial charge < -0.3 is 14.9 Å². The summed E-state index contributed by atoms with van der Waals surface area (Å²) in [7, 11) is 0. The summed E-state index contributed by atoms with van der Waals surface area (Å²) in [6, 6.07) is 15.9. The first-order chi connectivity index (χ1) is 17.0. The lowest BCUT2D eigenvalue weighted by Crippen LogP contribution is -2.26. The molecule has 0 aliphatic carbocycles. The highest BCUT2D eigenvalue weighted by Crippen LogP contribution is 2.46. The van der Waals surface area contributed by atoms with Crippen LogP contribution in [0.4, 0.5) is 8.78 Å². The molecule has 1 saturated heterocycles. The number of halogens is 2. The van der Waals surface area contributed by atoms with Gasteiger partial charge in [-0.3, -0.25) is 9.29 Å². The van der Waals surface area contributed by atoms with E-state index in [1.165, 1.54) is 17.8 Å². The van der Waals surface area contributed by atoms with Crippen molar-refractivity contribution in [1.29, 1.82) is 0 Å². The number of fused-ring (bicyclic) bond motifs is 1. The van der Waals surface area contributed by atoms with Crippen molar-refractivity contribution in [3.63, 3.8) is 0 Å². The van der Waals surface area contributed by atoms with Gasteiger partial charge in [-0.25, -0.2) is 0 Å². The summed E-state index contributed by atoms with van der Waals surface area (Å²) in [5, 5.41) is 19.6. The van der Waals surface area contributed by atoms with Gasteiger partial charge in [0.25, 0.3) is 0 Å². The van der Waals surface area contributed by atoms with Crippen LogP contribution in [0.25, 0.3) is 11.1 Å². The van der Waals surface area contributed by atoms with Gasteiger partial charge in [0.1, 0.15) is 17.6 Å². The summed E-state index contributed by atoms with van der Waals surface area (Å²) in [4.78, 5) is 6.74. The molecule has 2 aliphatic heterocycles. The Morgan fingerprint density at radius 1 is 1.06 bits per heavy atom. The molecular weight excluding hydrogens is 470 g/mol. The standard InChI is InChI=1S/C27H26F2N2O3S/c28-11-1-12-31-13-10-20(15-31)34-19-5-2-17(3-6-19)26-22-7-4-18(32)14-24(22)35-16-23(26)21-8-9-25(33)30-27(21)29/h2-9,14,20,32H,1,10-13,15-16H2,(H,30,33)/t20-/m0/s1. The smallest absolute Gasteiger partial charge is 0.223 e. The van der Waals surface area contributed by atoms with Crippen molar-refractivity contribution in [1.82, 2.24) is 9.88 Å². The highest BCUT2D eigenvalue weighted by Gasteiger charge is 2.26. The number of likely N-dealkylation sites (tertiary alicyclic amines) is 1. The van der Waals surface area contributed by atoms with Gasteiger partial charge in [-0.05, 0) is 71.5 Å². The van der Waals surface area contributed by atoms with Gasteiger partial charge in [0, 0.05) is 41.9 Å². The van der Waals surface area contributed by atoms with E-state index in [-0.39, 0.29) is 24.4 Å². The van der Waals surface area contributed by atoms with E-state index in [0.717, 1.165) is 59.0 Å². The van der Waals surface area contributed by atoms with Crippen molar-refractivity contribution < 1.29 is 23.7 Å². The molecule has 0 amide bonds. The SMILES string of the molecule is Oc1ccc2c(c1)SCC(c1ccc(O)nc1F)=C2c1ccc(O[C@H]2CCN(CCCF)C2)cc1. The maximum absolute atomic E-state index is 14.8. The highest BCUT2D eigenvalue weighted by atomic mass is 32.2. The van der Waals surface area contributed by atoms with E-state index in [9.17, 15) is 19.0 Å². The quantitative estimate of drug-likeness (QED) is 0.421. The van der Waals surface area contributed by atoms with Crippen molar-refractivity contribution in [2.75, 3.05) is 32.1 Å². The normalized spacial score (nSPS) is 18.1. The molecule has 3 heterocycles. The molecule has 1 fully saturated rings. The molecule has 0 spiro atoms. The van der Waals surface area contributed by atoms with Crippen LogP contribution in [-0.2, 0) is 0 Å². The number of hydrogen-bond acceptors (Lipinski definition) is 6. The summed E-state index contributed by atoms with van der Waals surface area (Å²) in [5.74, 6) is 0.335. The number of aromatic hydroxyl groups is 2. The number of thioether (sulfide) groups is 1. The van der Waals surface area contributed by atoms with E-state index >= 15 is 0 Å². The average Bonchev–Trinajstić information content (AvgIpc) is 3.30. The van der Waals surface area contributed by atoms with Gasteiger partial charge in [-0.15, -0.1) is 11.8 Å². The Kier molecular flexibility index (Phi) is 6.92. The van der Waals surface area contributed by atoms with Crippen molar-refractivity contribution in [3.8, 4) is 17.4 Å². The van der Waals surface area contributed by atoms with E-state index in [0.29, 0.717) is 17.7 Å². The summed E-state index contributed by atoms with van der Waals surface area (Å²) in [6.07, 6.45) is 1.53. The fourth-order valence-electron chi connectivity index (χ4n) is 4.69. The Morgan fingerprint density at radius 2 is 1.86 bits per heavy atom. The van der Waals surface area contributed by atoms with Gasteiger partial charge in [-0.2, -0.15) is 9.37 Å². The lowest BCUT2D eigenvalue weighted by molar-refractivity contribution is 0.198. The Hall–Kier alpha value is -3.10. The fourth-order valence-corrected chi connectivity index (χ4v) is 5.82. The number of ether oxygens (including phenoxy) is 1. The number of phenols is 1. The third-order valence-electron chi connectivity index (χ3n) is 6.35. The van der Waals surface area contributed by atoms with Crippen molar-refractivity contribution >= 4 is 22.9 Å². The van der Waals surface area contributed by atoms with Crippen LogP contribution in [0.2, 0.25) is 0 Å². The predicted octanol–water partition coefficient (Wildman–Crippen LogP) is 5.51. The molecule has 0 bridgehead atoms. The minimum Gasteiger partial charge on any atom is -0.508 e. The topological polar surface area (TPSA) is 65.8 Å². The number of alkyl halides is 1. The minimum absolute atomic E-state index is 0.0715. The first-order valence-corrected chi connectivity index (χ1v) is 12.6. The molecule has 35 heavy (non-hydrogen) atoms. The zero-order chi connectivity index (χ0) is 24.4. The van der Waals surface area contributed by atoms with Crippen LogP contribution < -0.4 is 4.74 Å². The van der Waals surface area contributed by atoms with E-state index in [4.69, 9.17) is 4.74 Å². The Bertz CT molecular complexity index is 1250. The Labute approximate surface area is 207 Å². The second-order valence-electron chi connectivity index (χ2n) is 8.73. The van der Waals surface area contributed by atoms with E-state index in [1.54, 1.807) is 18.2 Å². The van der Waals surface area contributed by atoms with Crippen LogP contribution in [0, 0.1) is 5.95 Å². The van der Waals surface area contributed by atoms with Gasteiger partial charge >= 0.3 is 0 Å². The summed E-state index contributed by atoms with van der Waals surface area (Å²) < 4.78 is 33.4. The Balaban J connectivity index is 1.46. The number of pyridine rings is 1. The molecule has 1 aromatic heterocycles. The van der Waals surface area contributed by atoms with Crippen LogP contribution >= 0.6 is 11.8 Å². The van der Waals surface area contributed by atoms with Crippen LogP contribution in [0.3, 0.4) is 0 Å².